The van der Waals surface area contributed by atoms with Crippen LogP contribution in [0, 0.1) is 5.82 Å². The Labute approximate surface area is 71.4 Å². The number of nitrogen functional groups attached to an aromatic ring is 1. The van der Waals surface area contributed by atoms with Crippen LogP contribution >= 0.6 is 0 Å². The van der Waals surface area contributed by atoms with Crippen molar-refractivity contribution in [3.63, 3.8) is 0 Å². The number of carbonyl (C=O) groups is 1. The average Bonchev–Trinajstić information content (AvgIpc) is 2.08. The Morgan fingerprint density at radius 3 is 2.62 bits per heavy atom. The van der Waals surface area contributed by atoms with Crippen molar-refractivity contribution in [3.05, 3.63) is 23.3 Å². The van der Waals surface area contributed by atoms with Gasteiger partial charge in [-0.25, -0.2) is 13.2 Å². The zero-order valence-electron chi connectivity index (χ0n) is 6.30. The number of nitrogens with two attached hydrogens (primary N) is 1. The zero-order chi connectivity index (χ0) is 10.0. The number of halogens is 3. The van der Waals surface area contributed by atoms with E-state index >= 15 is 0 Å². The fraction of sp³-hybridized carbons (Fsp3) is 0.143. The van der Waals surface area contributed by atoms with Gasteiger partial charge in [-0.3, -0.25) is 9.78 Å². The molecule has 0 amide bonds. The van der Waals surface area contributed by atoms with Crippen LogP contribution in [-0.2, 0) is 0 Å². The molecule has 0 aliphatic carbocycles. The van der Waals surface area contributed by atoms with Crippen molar-refractivity contribution in [1.82, 2.24) is 4.98 Å². The topological polar surface area (TPSA) is 56.0 Å². The molecule has 0 fully saturated rings. The summed E-state index contributed by atoms with van der Waals surface area (Å²) < 4.78 is 37.2. The molecule has 1 aromatic heterocycles. The van der Waals surface area contributed by atoms with Crippen molar-refractivity contribution >= 4 is 12.0 Å². The summed E-state index contributed by atoms with van der Waals surface area (Å²) in [6.45, 7) is 0. The number of aldehydes is 1. The second kappa shape index (κ2) is 3.42. The van der Waals surface area contributed by atoms with E-state index < -0.39 is 29.2 Å². The smallest absolute Gasteiger partial charge is 0.268 e. The normalized spacial score (nSPS) is 10.5. The van der Waals surface area contributed by atoms with Crippen LogP contribution in [0.3, 0.4) is 0 Å². The molecule has 0 unspecified atom stereocenters. The van der Waals surface area contributed by atoms with E-state index in [0.29, 0.717) is 0 Å². The van der Waals surface area contributed by atoms with E-state index in [-0.39, 0.29) is 6.29 Å². The van der Waals surface area contributed by atoms with E-state index in [1.165, 1.54) is 0 Å². The summed E-state index contributed by atoms with van der Waals surface area (Å²) >= 11 is 0. The average molecular weight is 190 g/mol. The van der Waals surface area contributed by atoms with E-state index in [1.807, 2.05) is 0 Å². The number of hydrogen-bond acceptors (Lipinski definition) is 3. The molecule has 70 valence electrons. The number of aromatic nitrogens is 1. The summed E-state index contributed by atoms with van der Waals surface area (Å²) in [5, 5.41) is 0. The molecule has 13 heavy (non-hydrogen) atoms. The van der Waals surface area contributed by atoms with Crippen molar-refractivity contribution < 1.29 is 18.0 Å². The molecule has 0 radical (unpaired) electrons. The Morgan fingerprint density at radius 1 is 1.54 bits per heavy atom. The fourth-order valence-corrected chi connectivity index (χ4v) is 0.835. The summed E-state index contributed by atoms with van der Waals surface area (Å²) in [4.78, 5) is 13.5. The molecule has 0 saturated carbocycles. The minimum Gasteiger partial charge on any atom is -0.395 e. The predicted molar refractivity (Wildman–Crippen MR) is 39.0 cm³/mol. The summed E-state index contributed by atoms with van der Waals surface area (Å²) in [5.74, 6) is -1.29. The maximum absolute atomic E-state index is 12.9. The van der Waals surface area contributed by atoms with Crippen LogP contribution in [0.2, 0.25) is 0 Å². The Balaban J connectivity index is 3.41. The molecule has 3 nitrogen and oxygen atoms in total. The van der Waals surface area contributed by atoms with Gasteiger partial charge in [0, 0.05) is 0 Å². The van der Waals surface area contributed by atoms with Gasteiger partial charge in [-0.2, -0.15) is 0 Å². The van der Waals surface area contributed by atoms with Gasteiger partial charge < -0.3 is 5.73 Å². The molecule has 1 aromatic rings. The first-order chi connectivity index (χ1) is 6.07. The van der Waals surface area contributed by atoms with E-state index in [2.05, 4.69) is 4.98 Å². The van der Waals surface area contributed by atoms with Crippen LogP contribution in [-0.4, -0.2) is 11.3 Å². The van der Waals surface area contributed by atoms with Gasteiger partial charge in [0.1, 0.15) is 5.69 Å². The lowest BCUT2D eigenvalue weighted by molar-refractivity contribution is 0.109. The maximum Gasteiger partial charge on any atom is 0.268 e. The summed E-state index contributed by atoms with van der Waals surface area (Å²) in [6.07, 6.45) is -2.22. The molecule has 0 atom stereocenters. The Hall–Kier alpha value is -1.59. The largest absolute Gasteiger partial charge is 0.395 e. The van der Waals surface area contributed by atoms with Gasteiger partial charge >= 0.3 is 0 Å². The van der Waals surface area contributed by atoms with Crippen molar-refractivity contribution in [2.45, 2.75) is 6.43 Å². The molecule has 0 aromatic carbocycles. The zero-order valence-corrected chi connectivity index (χ0v) is 6.30. The molecular formula is C7H5F3N2O. The quantitative estimate of drug-likeness (QED) is 0.720. The van der Waals surface area contributed by atoms with Gasteiger partial charge in [0.25, 0.3) is 6.43 Å². The van der Waals surface area contributed by atoms with Crippen molar-refractivity contribution in [2.24, 2.45) is 0 Å². The number of anilines is 1. The first-order valence-corrected chi connectivity index (χ1v) is 3.25. The maximum atomic E-state index is 12.9. The minimum atomic E-state index is -3.10. The van der Waals surface area contributed by atoms with E-state index in [1.54, 1.807) is 0 Å². The molecule has 0 bridgehead atoms. The first kappa shape index (κ1) is 9.50. The van der Waals surface area contributed by atoms with Crippen molar-refractivity contribution in [3.8, 4) is 0 Å². The number of rotatable bonds is 2. The molecular weight excluding hydrogens is 185 g/mol. The van der Waals surface area contributed by atoms with Crippen LogP contribution in [0.4, 0.5) is 18.9 Å². The number of pyridine rings is 1. The van der Waals surface area contributed by atoms with E-state index in [0.717, 1.165) is 6.20 Å². The lowest BCUT2D eigenvalue weighted by atomic mass is 10.2. The van der Waals surface area contributed by atoms with Crippen LogP contribution in [0.15, 0.2) is 6.20 Å². The molecule has 0 aliphatic rings. The minimum absolute atomic E-state index is 0.0595. The van der Waals surface area contributed by atoms with Crippen LogP contribution in [0.1, 0.15) is 22.5 Å². The lowest BCUT2D eigenvalue weighted by Crippen LogP contribution is -2.04. The Morgan fingerprint density at radius 2 is 2.15 bits per heavy atom. The monoisotopic (exact) mass is 190 g/mol. The molecule has 0 spiro atoms. The number of hydrogen-bond donors (Lipinski definition) is 1. The standard InChI is InChI=1S/C7H5F3N2O/c8-6-3(11)1-12-4(2-13)5(6)7(9)10/h1-2,7H,11H2. The van der Waals surface area contributed by atoms with E-state index in [4.69, 9.17) is 5.73 Å². The number of nitrogens with zero attached hydrogens (tertiary/aromatic N) is 1. The van der Waals surface area contributed by atoms with Gasteiger partial charge in [-0.05, 0) is 0 Å². The molecule has 0 saturated heterocycles. The molecule has 2 N–H and O–H groups in total. The number of alkyl halides is 2. The second-order valence-electron chi connectivity index (χ2n) is 2.24. The highest BCUT2D eigenvalue weighted by Crippen LogP contribution is 2.26. The molecule has 1 rings (SSSR count). The van der Waals surface area contributed by atoms with Gasteiger partial charge in [0.15, 0.2) is 12.1 Å². The van der Waals surface area contributed by atoms with Crippen molar-refractivity contribution in [1.29, 1.82) is 0 Å². The SMILES string of the molecule is Nc1cnc(C=O)c(C(F)F)c1F. The first-order valence-electron chi connectivity index (χ1n) is 3.25. The van der Waals surface area contributed by atoms with Crippen LogP contribution < -0.4 is 5.73 Å². The molecule has 6 heteroatoms. The summed E-state index contributed by atoms with van der Waals surface area (Å²) in [6, 6.07) is 0. The lowest BCUT2D eigenvalue weighted by Gasteiger charge is -2.05. The highest BCUT2D eigenvalue weighted by Gasteiger charge is 2.21. The third-order valence-corrected chi connectivity index (χ3v) is 1.44. The highest BCUT2D eigenvalue weighted by atomic mass is 19.3. The van der Waals surface area contributed by atoms with E-state index in [9.17, 15) is 18.0 Å². The van der Waals surface area contributed by atoms with Crippen LogP contribution in [0.5, 0.6) is 0 Å². The van der Waals surface area contributed by atoms with Crippen LogP contribution in [0.25, 0.3) is 0 Å². The third kappa shape index (κ3) is 1.61. The third-order valence-electron chi connectivity index (χ3n) is 1.44. The second-order valence-corrected chi connectivity index (χ2v) is 2.24. The highest BCUT2D eigenvalue weighted by molar-refractivity contribution is 5.75. The van der Waals surface area contributed by atoms with Gasteiger partial charge in [-0.15, -0.1) is 0 Å². The van der Waals surface area contributed by atoms with Crippen molar-refractivity contribution in [2.75, 3.05) is 5.73 Å². The number of carbonyl (C=O) groups excluding carboxylic acids is 1. The predicted octanol–water partition coefficient (Wildman–Crippen LogP) is 1.55. The Bertz CT molecular complexity index is 341. The molecule has 1 heterocycles. The Kier molecular flexibility index (Phi) is 2.50. The summed E-state index contributed by atoms with van der Waals surface area (Å²) in [7, 11) is 0. The summed E-state index contributed by atoms with van der Waals surface area (Å²) in [5.41, 5.74) is 2.83. The van der Waals surface area contributed by atoms with Gasteiger partial charge in [0.05, 0.1) is 17.4 Å². The molecule has 0 aliphatic heterocycles. The van der Waals surface area contributed by atoms with Gasteiger partial charge in [-0.1, -0.05) is 0 Å². The van der Waals surface area contributed by atoms with Gasteiger partial charge in [0.2, 0.25) is 0 Å². The fourth-order valence-electron chi connectivity index (χ4n) is 0.835.